The van der Waals surface area contributed by atoms with Crippen molar-refractivity contribution in [2.24, 2.45) is 0 Å². The number of hydrogen-bond acceptors (Lipinski definition) is 9. The molecule has 5 aromatic rings. The number of rotatable bonds is 6. The highest BCUT2D eigenvalue weighted by molar-refractivity contribution is 6.30. The molecule has 0 saturated carbocycles. The molecule has 1 atom stereocenters. The van der Waals surface area contributed by atoms with E-state index < -0.39 is 6.04 Å². The van der Waals surface area contributed by atoms with Crippen molar-refractivity contribution in [2.75, 3.05) is 43.1 Å². The van der Waals surface area contributed by atoms with Crippen LogP contribution in [0.25, 0.3) is 22.7 Å². The van der Waals surface area contributed by atoms with Gasteiger partial charge in [-0.3, -0.25) is 14.7 Å². The average molecular weight is 611 g/mol. The fourth-order valence-electron chi connectivity index (χ4n) is 5.73. The highest BCUT2D eigenvalue weighted by Gasteiger charge is 2.37. The first-order valence-corrected chi connectivity index (χ1v) is 14.5. The lowest BCUT2D eigenvalue weighted by molar-refractivity contribution is -0.135. The monoisotopic (exact) mass is 610 g/mol. The Morgan fingerprint density at radius 2 is 1.98 bits per heavy atom. The van der Waals surface area contributed by atoms with Crippen molar-refractivity contribution in [3.8, 4) is 5.69 Å². The van der Waals surface area contributed by atoms with Gasteiger partial charge in [0, 0.05) is 59.1 Å². The van der Waals surface area contributed by atoms with Gasteiger partial charge in [-0.1, -0.05) is 11.6 Å². The van der Waals surface area contributed by atoms with Crippen LogP contribution in [-0.2, 0) is 20.7 Å². The van der Waals surface area contributed by atoms with Crippen molar-refractivity contribution in [2.45, 2.75) is 12.5 Å². The van der Waals surface area contributed by atoms with E-state index in [-0.39, 0.29) is 11.8 Å². The Hall–Kier alpha value is -5.14. The summed E-state index contributed by atoms with van der Waals surface area (Å²) in [6.07, 6.45) is 8.54. The lowest BCUT2D eigenvalue weighted by Gasteiger charge is -2.38. The van der Waals surface area contributed by atoms with Crippen molar-refractivity contribution in [1.29, 1.82) is 0 Å². The molecule has 1 fully saturated rings. The quantitative estimate of drug-likeness (QED) is 0.277. The molecule has 0 radical (unpaired) electrons. The van der Waals surface area contributed by atoms with Crippen LogP contribution in [-0.4, -0.2) is 85.0 Å². The molecule has 2 amide bonds. The number of hydrogen-bond donors (Lipinski definition) is 2. The van der Waals surface area contributed by atoms with E-state index >= 15 is 0 Å². The van der Waals surface area contributed by atoms with E-state index in [1.807, 2.05) is 24.3 Å². The maximum atomic E-state index is 14.1. The maximum absolute atomic E-state index is 14.1. The van der Waals surface area contributed by atoms with Gasteiger partial charge >= 0.3 is 0 Å². The maximum Gasteiger partial charge on any atom is 0.251 e. The van der Waals surface area contributed by atoms with Gasteiger partial charge in [-0.2, -0.15) is 9.78 Å². The van der Waals surface area contributed by atoms with Gasteiger partial charge in [0.05, 0.1) is 30.6 Å². The van der Waals surface area contributed by atoms with Gasteiger partial charge in [-0.05, 0) is 71.0 Å². The number of tetrazole rings is 1. The minimum absolute atomic E-state index is 0.326. The number of nitrogens with zero attached hydrogens (tertiary/aromatic N) is 8. The first-order valence-electron chi connectivity index (χ1n) is 14.1. The van der Waals surface area contributed by atoms with E-state index in [1.54, 1.807) is 41.6 Å². The first-order chi connectivity index (χ1) is 21.5. The number of H-pyrrole nitrogens is 1. The number of pyridine rings is 1. The molecule has 3 aromatic heterocycles. The second-order valence-corrected chi connectivity index (χ2v) is 10.9. The van der Waals surface area contributed by atoms with Crippen LogP contribution in [0, 0.1) is 0 Å². The van der Waals surface area contributed by atoms with Crippen LogP contribution < -0.4 is 10.2 Å². The van der Waals surface area contributed by atoms with Crippen molar-refractivity contribution in [3.05, 3.63) is 89.0 Å². The van der Waals surface area contributed by atoms with Gasteiger partial charge in [0.1, 0.15) is 18.2 Å². The zero-order valence-electron chi connectivity index (χ0n) is 23.4. The highest BCUT2D eigenvalue weighted by atomic mass is 35.5. The van der Waals surface area contributed by atoms with E-state index in [1.165, 1.54) is 17.1 Å². The number of aromatic nitrogens is 7. The van der Waals surface area contributed by atoms with Gasteiger partial charge < -0.3 is 19.9 Å². The number of amides is 2. The van der Waals surface area contributed by atoms with E-state index in [0.29, 0.717) is 61.2 Å². The molecule has 2 aliphatic heterocycles. The summed E-state index contributed by atoms with van der Waals surface area (Å²) in [6, 6.07) is 11.7. The fourth-order valence-corrected chi connectivity index (χ4v) is 5.91. The van der Waals surface area contributed by atoms with Crippen LogP contribution >= 0.6 is 11.6 Å². The molecule has 0 spiro atoms. The molecule has 2 aliphatic rings. The summed E-state index contributed by atoms with van der Waals surface area (Å²) in [4.78, 5) is 36.4. The molecular formula is C30H27ClN10O3. The lowest BCUT2D eigenvalue weighted by Crippen LogP contribution is -2.46. The molecule has 1 unspecified atom stereocenters. The molecular weight excluding hydrogens is 584 g/mol. The second-order valence-electron chi connectivity index (χ2n) is 10.4. The summed E-state index contributed by atoms with van der Waals surface area (Å²) in [5.41, 5.74) is 4.38. The largest absolute Gasteiger partial charge is 0.378 e. The van der Waals surface area contributed by atoms with Gasteiger partial charge in [-0.15, -0.1) is 5.10 Å². The number of morpholine rings is 1. The number of carbonyl (C=O) groups excluding carboxylic acids is 2. The summed E-state index contributed by atoms with van der Waals surface area (Å²) in [5.74, 6) is 0.171. The van der Waals surface area contributed by atoms with Gasteiger partial charge in [0.2, 0.25) is 5.91 Å². The molecule has 7 rings (SSSR count). The summed E-state index contributed by atoms with van der Waals surface area (Å²) >= 11 is 6.28. The third-order valence-electron chi connectivity index (χ3n) is 7.82. The summed E-state index contributed by atoms with van der Waals surface area (Å²) in [6.45, 7) is 2.96. The van der Waals surface area contributed by atoms with Crippen LogP contribution in [0.4, 0.5) is 11.5 Å². The number of nitrogens with one attached hydrogen (secondary N) is 2. The van der Waals surface area contributed by atoms with E-state index in [4.69, 9.17) is 16.3 Å². The van der Waals surface area contributed by atoms with Gasteiger partial charge in [0.25, 0.3) is 5.91 Å². The lowest BCUT2D eigenvalue weighted by atomic mass is 9.92. The van der Waals surface area contributed by atoms with Crippen molar-refractivity contribution in [3.63, 3.8) is 0 Å². The molecule has 222 valence electrons. The Labute approximate surface area is 256 Å². The zero-order chi connectivity index (χ0) is 30.0. The minimum Gasteiger partial charge on any atom is -0.378 e. The third kappa shape index (κ3) is 5.38. The predicted molar refractivity (Wildman–Crippen MR) is 163 cm³/mol. The topological polar surface area (TPSA) is 147 Å². The molecule has 13 nitrogen and oxygen atoms in total. The second kappa shape index (κ2) is 11.9. The SMILES string of the molecule is O=C(Nc1ccc2cn[nH]c2c1)C1c2ccnc(N3CCOCC3)c2CCN1C(=O)C=Cc1cc(Cl)ccc1-n1cnnn1. The molecule has 14 heteroatoms. The molecule has 5 heterocycles. The Bertz CT molecular complexity index is 1870. The Morgan fingerprint density at radius 1 is 1.09 bits per heavy atom. The normalized spacial score (nSPS) is 16.8. The first kappa shape index (κ1) is 27.7. The summed E-state index contributed by atoms with van der Waals surface area (Å²) in [5, 5.41) is 22.8. The Morgan fingerprint density at radius 3 is 2.82 bits per heavy atom. The fraction of sp³-hybridized carbons (Fsp3) is 0.233. The third-order valence-corrected chi connectivity index (χ3v) is 8.06. The van der Waals surface area contributed by atoms with Crippen LogP contribution in [0.2, 0.25) is 5.02 Å². The number of fused-ring (bicyclic) bond motifs is 2. The molecule has 2 aromatic carbocycles. The van der Waals surface area contributed by atoms with E-state index in [2.05, 4.69) is 40.9 Å². The van der Waals surface area contributed by atoms with Crippen LogP contribution in [0.5, 0.6) is 0 Å². The number of carbonyl (C=O) groups is 2. The minimum atomic E-state index is -0.894. The predicted octanol–water partition coefficient (Wildman–Crippen LogP) is 3.20. The molecule has 1 saturated heterocycles. The van der Waals surface area contributed by atoms with Crippen molar-refractivity contribution in [1.82, 2.24) is 40.3 Å². The highest BCUT2D eigenvalue weighted by Crippen LogP contribution is 2.36. The number of benzene rings is 2. The molecule has 2 N–H and O–H groups in total. The molecule has 0 aliphatic carbocycles. The molecule has 0 bridgehead atoms. The van der Waals surface area contributed by atoms with Gasteiger partial charge in [0.15, 0.2) is 0 Å². The standard InChI is InChI=1S/C30H27ClN10O3/c31-21-3-5-26(41-18-34-37-38-41)19(15-21)2-6-27(42)40-10-8-24-23(7-9-32-29(24)39-11-13-44-14-12-39)28(40)30(43)35-22-4-1-20-17-33-36-25(20)16-22/h1-7,9,15-18,28H,8,10-14H2,(H,33,36)(H,35,43). The van der Waals surface area contributed by atoms with Crippen molar-refractivity contribution < 1.29 is 14.3 Å². The summed E-state index contributed by atoms with van der Waals surface area (Å²) < 4.78 is 7.04. The molecule has 44 heavy (non-hydrogen) atoms. The Balaban J connectivity index is 1.23. The number of halogens is 1. The average Bonchev–Trinajstić information content (AvgIpc) is 3.76. The van der Waals surface area contributed by atoms with E-state index in [0.717, 1.165) is 27.8 Å². The van der Waals surface area contributed by atoms with E-state index in [9.17, 15) is 9.59 Å². The summed E-state index contributed by atoms with van der Waals surface area (Å²) in [7, 11) is 0. The number of ether oxygens (including phenoxy) is 1. The van der Waals surface area contributed by atoms with Gasteiger partial charge in [-0.25, -0.2) is 4.98 Å². The van der Waals surface area contributed by atoms with Crippen LogP contribution in [0.3, 0.4) is 0 Å². The Kier molecular flexibility index (Phi) is 7.46. The van der Waals surface area contributed by atoms with Crippen LogP contribution in [0.1, 0.15) is 22.7 Å². The smallest absolute Gasteiger partial charge is 0.251 e. The van der Waals surface area contributed by atoms with Crippen molar-refractivity contribution >= 4 is 51.9 Å². The zero-order valence-corrected chi connectivity index (χ0v) is 24.2. The van der Waals surface area contributed by atoms with Crippen LogP contribution in [0.15, 0.2) is 67.3 Å². The number of aromatic amines is 1. The number of anilines is 2.